The number of hydrogen-bond donors (Lipinski definition) is 2. The van der Waals surface area contributed by atoms with Crippen molar-refractivity contribution >= 4 is 30.2 Å². The Hall–Kier alpha value is 1.13. The molecule has 5 heavy (non-hydrogen) atoms. The molecule has 0 bridgehead atoms. The van der Waals surface area contributed by atoms with E-state index in [0.29, 0.717) is 0 Å². The highest BCUT2D eigenvalue weighted by atomic mass is 33.1. The van der Waals surface area contributed by atoms with Gasteiger partial charge in [0.25, 0.3) is 0 Å². The van der Waals surface area contributed by atoms with Gasteiger partial charge >= 0.3 is 0 Å². The van der Waals surface area contributed by atoms with Gasteiger partial charge in [0.15, 0.2) is 0 Å². The zero-order valence-electron chi connectivity index (χ0n) is 3.34. The van der Waals surface area contributed by atoms with Crippen LogP contribution < -0.4 is 0 Å². The van der Waals surface area contributed by atoms with Crippen LogP contribution in [0.5, 0.6) is 0 Å². The minimum Gasteiger partial charge on any atom is 0.0128 e. The summed E-state index contributed by atoms with van der Waals surface area (Å²) in [5.41, 5.74) is -1.00. The zero-order chi connectivity index (χ0) is 4.50. The lowest BCUT2D eigenvalue weighted by atomic mass is 11.9. The zero-order valence-corrected chi connectivity index (χ0v) is 6.02. The third-order valence-electron chi connectivity index (χ3n) is 0. The molecule has 0 heterocycles. The highest BCUT2D eigenvalue weighted by molar-refractivity contribution is 8.85. The summed E-state index contributed by atoms with van der Waals surface area (Å²) in [5.74, 6) is 0. The van der Waals surface area contributed by atoms with Gasteiger partial charge in [-0.2, -0.15) is 0 Å². The van der Waals surface area contributed by atoms with Gasteiger partial charge in [-0.05, 0) is 0 Å². The maximum atomic E-state index is 4.10. The average molecular weight is 127 g/mol. The Morgan fingerprint density at radius 1 is 1.20 bits per heavy atom. The first-order valence-corrected chi connectivity index (χ1v) is 6.28. The normalized spacial score (nSPS) is 12.0. The van der Waals surface area contributed by atoms with Gasteiger partial charge in [0.2, 0.25) is 0 Å². The molecule has 0 amide bonds. The number of hydrogen-bond acceptors (Lipinski definition) is 2. The lowest BCUT2D eigenvalue weighted by molar-refractivity contribution is 2.28. The van der Waals surface area contributed by atoms with Crippen LogP contribution >= 0.6 is 30.2 Å². The molecular formula is C2H8PS2+. The second-order valence-corrected chi connectivity index (χ2v) is 11.0. The topological polar surface area (TPSA) is 0 Å². The predicted octanol–water partition coefficient (Wildman–Crippen LogP) is 1.95. The number of rotatable bonds is 0. The quantitative estimate of drug-likeness (QED) is 0.360. The van der Waals surface area contributed by atoms with Gasteiger partial charge in [0.05, 0.1) is 13.3 Å². The summed E-state index contributed by atoms with van der Waals surface area (Å²) in [6, 6.07) is 0. The molecule has 0 aliphatic heterocycles. The molecule has 0 rings (SSSR count). The molecule has 3 heteroatoms. The van der Waals surface area contributed by atoms with Crippen LogP contribution in [0.25, 0.3) is 0 Å². The minimum atomic E-state index is -1.00. The smallest absolute Gasteiger partial charge is 0.0128 e. The van der Waals surface area contributed by atoms with Crippen LogP contribution in [0.1, 0.15) is 0 Å². The van der Waals surface area contributed by atoms with Crippen molar-refractivity contribution in [3.05, 3.63) is 0 Å². The van der Waals surface area contributed by atoms with Gasteiger partial charge in [-0.15, -0.1) is 0 Å². The summed E-state index contributed by atoms with van der Waals surface area (Å²) in [6.07, 6.45) is 0. The Balaban J connectivity index is 3.02. The van der Waals surface area contributed by atoms with E-state index in [1.165, 1.54) is 0 Å². The van der Waals surface area contributed by atoms with Crippen LogP contribution in [-0.4, -0.2) is 13.3 Å². The lowest BCUT2D eigenvalue weighted by Gasteiger charge is -1.92. The van der Waals surface area contributed by atoms with E-state index >= 15 is 0 Å². The molecule has 0 nitrogen and oxygen atoms in total. The Bertz CT molecular complexity index is 23.1. The van der Waals surface area contributed by atoms with Crippen molar-refractivity contribution in [2.45, 2.75) is 0 Å². The Labute approximate surface area is 44.0 Å². The summed E-state index contributed by atoms with van der Waals surface area (Å²) >= 11 is 8.20. The first-order chi connectivity index (χ1) is 2.00. The molecule has 0 aromatic heterocycles. The fraction of sp³-hybridized carbons (Fsp3) is 1.00. The first kappa shape index (κ1) is 6.13. The van der Waals surface area contributed by atoms with E-state index in [0.717, 1.165) is 0 Å². The van der Waals surface area contributed by atoms with E-state index in [4.69, 9.17) is 0 Å². The maximum absolute atomic E-state index is 4.10. The van der Waals surface area contributed by atoms with Crippen LogP contribution in [0.15, 0.2) is 0 Å². The molecule has 0 aromatic carbocycles. The van der Waals surface area contributed by atoms with Gasteiger partial charge in [-0.3, -0.25) is 0 Å². The molecule has 0 radical (unpaired) electrons. The van der Waals surface area contributed by atoms with E-state index in [9.17, 15) is 0 Å². The van der Waals surface area contributed by atoms with Gasteiger partial charge in [0.1, 0.15) is 5.67 Å². The molecule has 0 saturated carbocycles. The van der Waals surface area contributed by atoms with Crippen LogP contribution in [0.2, 0.25) is 0 Å². The highest BCUT2D eigenvalue weighted by Crippen LogP contribution is 2.60. The molecule has 32 valence electrons. The molecule has 0 N–H and O–H groups in total. The van der Waals surface area contributed by atoms with Crippen LogP contribution in [0.4, 0.5) is 0 Å². The third-order valence-corrected chi connectivity index (χ3v) is 0. The average Bonchev–Trinajstić information content (AvgIpc) is 0.722. The standard InChI is InChI=1S/C2H8PS2/c1-3(2,4)5/h4-5H,1-2H3/q+1. The van der Waals surface area contributed by atoms with Crippen molar-refractivity contribution in [3.8, 4) is 0 Å². The van der Waals surface area contributed by atoms with E-state index in [1.807, 2.05) is 13.3 Å². The maximum Gasteiger partial charge on any atom is 0.120 e. The van der Waals surface area contributed by atoms with Crippen LogP contribution in [-0.2, 0) is 0 Å². The SMILES string of the molecule is C[P+](C)(S)S. The predicted molar refractivity (Wildman–Crippen MR) is 36.7 cm³/mol. The molecule has 0 aliphatic rings. The van der Waals surface area contributed by atoms with Crippen molar-refractivity contribution in [1.82, 2.24) is 0 Å². The van der Waals surface area contributed by atoms with Gasteiger partial charge in [-0.25, -0.2) is 0 Å². The summed E-state index contributed by atoms with van der Waals surface area (Å²) in [5, 5.41) is 0. The van der Waals surface area contributed by atoms with E-state index in [2.05, 4.69) is 24.5 Å². The van der Waals surface area contributed by atoms with Crippen molar-refractivity contribution in [2.24, 2.45) is 0 Å². The fourth-order valence-electron chi connectivity index (χ4n) is 0. The Morgan fingerprint density at radius 3 is 1.20 bits per heavy atom. The molecule has 0 unspecified atom stereocenters. The van der Waals surface area contributed by atoms with Gasteiger partial charge in [-0.1, -0.05) is 0 Å². The molecule has 0 saturated heterocycles. The largest absolute Gasteiger partial charge is 0.120 e. The molecule has 0 aliphatic carbocycles. The Morgan fingerprint density at radius 2 is 1.20 bits per heavy atom. The van der Waals surface area contributed by atoms with Crippen molar-refractivity contribution in [3.63, 3.8) is 0 Å². The summed E-state index contributed by atoms with van der Waals surface area (Å²) in [7, 11) is 0. The van der Waals surface area contributed by atoms with Crippen LogP contribution in [0.3, 0.4) is 0 Å². The molecule has 0 fully saturated rings. The molecule has 0 aromatic rings. The molecule has 0 spiro atoms. The lowest BCUT2D eigenvalue weighted by Crippen LogP contribution is -1.54. The van der Waals surface area contributed by atoms with E-state index in [1.54, 1.807) is 0 Å². The van der Waals surface area contributed by atoms with Gasteiger partial charge < -0.3 is 0 Å². The highest BCUT2D eigenvalue weighted by Gasteiger charge is 2.08. The number of thiol groups is 2. The molecule has 0 atom stereocenters. The Kier molecular flexibility index (Phi) is 2.11. The summed E-state index contributed by atoms with van der Waals surface area (Å²) in [6.45, 7) is 4.05. The fourth-order valence-corrected chi connectivity index (χ4v) is 0. The van der Waals surface area contributed by atoms with E-state index < -0.39 is 5.67 Å². The van der Waals surface area contributed by atoms with Crippen molar-refractivity contribution in [2.75, 3.05) is 13.3 Å². The second-order valence-electron chi connectivity index (χ2n) is 1.34. The summed E-state index contributed by atoms with van der Waals surface area (Å²) < 4.78 is 0. The van der Waals surface area contributed by atoms with Crippen molar-refractivity contribution < 1.29 is 0 Å². The van der Waals surface area contributed by atoms with Gasteiger partial charge in [0, 0.05) is 24.5 Å². The molecular weight excluding hydrogens is 119 g/mol. The first-order valence-electron chi connectivity index (χ1n) is 1.29. The van der Waals surface area contributed by atoms with Crippen LogP contribution in [0, 0.1) is 0 Å². The third kappa shape index (κ3) is 39.4. The summed E-state index contributed by atoms with van der Waals surface area (Å²) in [4.78, 5) is 0. The minimum absolute atomic E-state index is 1.00. The monoisotopic (exact) mass is 127 g/mol. The second kappa shape index (κ2) is 1.72. The van der Waals surface area contributed by atoms with Crippen molar-refractivity contribution in [1.29, 1.82) is 0 Å². The van der Waals surface area contributed by atoms with E-state index in [-0.39, 0.29) is 0 Å².